The molecule has 0 saturated carbocycles. The van der Waals surface area contributed by atoms with Gasteiger partial charge in [-0.2, -0.15) is 0 Å². The number of carbonyl (C=O) groups is 1. The maximum Gasteiger partial charge on any atom is 0.338 e. The van der Waals surface area contributed by atoms with Crippen molar-refractivity contribution in [2.75, 3.05) is 31.2 Å². The lowest BCUT2D eigenvalue weighted by Gasteiger charge is -2.24. The Morgan fingerprint density at radius 3 is 1.95 bits per heavy atom. The molecule has 0 atom stereocenters. The van der Waals surface area contributed by atoms with Crippen LogP contribution in [0.5, 0.6) is 0 Å². The molecule has 0 aliphatic carbocycles. The molecule has 0 spiro atoms. The summed E-state index contributed by atoms with van der Waals surface area (Å²) in [5.74, 6) is -2.74. The fourth-order valence-corrected chi connectivity index (χ4v) is 1.90. The molecule has 124 valence electrons. The van der Waals surface area contributed by atoms with Gasteiger partial charge in [0.25, 0.3) is 0 Å². The Bertz CT molecular complexity index is 500. The Morgan fingerprint density at radius 1 is 1.14 bits per heavy atom. The number of nitrogens with zero attached hydrogens (tertiary/aromatic N) is 1. The zero-order valence-electron chi connectivity index (χ0n) is 12.9. The van der Waals surface area contributed by atoms with E-state index in [4.69, 9.17) is 14.9 Å². The van der Waals surface area contributed by atoms with Crippen LogP contribution in [0.2, 0.25) is 0 Å². The summed E-state index contributed by atoms with van der Waals surface area (Å²) in [7, 11) is 0. The molecule has 2 N–H and O–H groups in total. The number of rotatable bonds is 6. The third-order valence-corrected chi connectivity index (χ3v) is 2.71. The van der Waals surface area contributed by atoms with Crippen LogP contribution in [0.3, 0.4) is 0 Å². The van der Waals surface area contributed by atoms with Gasteiger partial charge in [0.15, 0.2) is 0 Å². The van der Waals surface area contributed by atoms with E-state index in [2.05, 4.69) is 0 Å². The van der Waals surface area contributed by atoms with Crippen LogP contribution in [-0.4, -0.2) is 48.1 Å². The van der Waals surface area contributed by atoms with Crippen molar-refractivity contribution in [2.45, 2.75) is 26.4 Å². The smallest absolute Gasteiger partial charge is 0.338 e. The van der Waals surface area contributed by atoms with E-state index in [1.807, 2.05) is 0 Å². The number of hydrogen-bond donors (Lipinski definition) is 2. The molecule has 0 aromatic heterocycles. The highest BCUT2D eigenvalue weighted by Crippen LogP contribution is 2.26. The van der Waals surface area contributed by atoms with Crippen LogP contribution in [0.25, 0.3) is 0 Å². The Balaban J connectivity index is 3.13. The molecule has 5 nitrogen and oxygen atoms in total. The van der Waals surface area contributed by atoms with E-state index in [1.165, 1.54) is 4.90 Å². The van der Waals surface area contributed by atoms with Crippen molar-refractivity contribution < 1.29 is 28.5 Å². The minimum Gasteiger partial charge on any atom is -0.456 e. The van der Waals surface area contributed by atoms with E-state index in [9.17, 15) is 13.6 Å². The molecule has 0 radical (unpaired) electrons. The minimum absolute atomic E-state index is 0.0415. The first-order valence-corrected chi connectivity index (χ1v) is 6.88. The SMILES string of the molecule is CC(C)(C)OC(=O)c1cc(F)c(N(CCO)CCO)c(F)c1. The van der Waals surface area contributed by atoms with Gasteiger partial charge in [0.2, 0.25) is 0 Å². The van der Waals surface area contributed by atoms with Crippen molar-refractivity contribution in [1.29, 1.82) is 0 Å². The van der Waals surface area contributed by atoms with Crippen LogP contribution in [-0.2, 0) is 4.74 Å². The van der Waals surface area contributed by atoms with Crippen molar-refractivity contribution in [3.8, 4) is 0 Å². The lowest BCUT2D eigenvalue weighted by Crippen LogP contribution is -2.31. The van der Waals surface area contributed by atoms with Crippen molar-refractivity contribution in [3.05, 3.63) is 29.3 Å². The Labute approximate surface area is 128 Å². The van der Waals surface area contributed by atoms with Crippen molar-refractivity contribution in [3.63, 3.8) is 0 Å². The van der Waals surface area contributed by atoms with Gasteiger partial charge < -0.3 is 19.8 Å². The van der Waals surface area contributed by atoms with Gasteiger partial charge in [0.05, 0.1) is 18.8 Å². The highest BCUT2D eigenvalue weighted by Gasteiger charge is 2.23. The number of anilines is 1. The molecule has 0 aliphatic rings. The number of hydrogen-bond acceptors (Lipinski definition) is 5. The molecular weight excluding hydrogens is 296 g/mol. The molecule has 0 heterocycles. The van der Waals surface area contributed by atoms with Crippen LogP contribution in [0.1, 0.15) is 31.1 Å². The molecule has 0 bridgehead atoms. The van der Waals surface area contributed by atoms with Crippen molar-refractivity contribution in [1.82, 2.24) is 0 Å². The third kappa shape index (κ3) is 4.92. The number of ether oxygens (including phenoxy) is 1. The Morgan fingerprint density at radius 2 is 1.59 bits per heavy atom. The van der Waals surface area contributed by atoms with Gasteiger partial charge in [-0.05, 0) is 32.9 Å². The molecule has 7 heteroatoms. The molecule has 0 amide bonds. The van der Waals surface area contributed by atoms with E-state index in [0.29, 0.717) is 0 Å². The van der Waals surface area contributed by atoms with Crippen molar-refractivity contribution >= 4 is 11.7 Å². The van der Waals surface area contributed by atoms with E-state index < -0.39 is 28.9 Å². The van der Waals surface area contributed by atoms with Crippen molar-refractivity contribution in [2.24, 2.45) is 0 Å². The fourth-order valence-electron chi connectivity index (χ4n) is 1.90. The summed E-state index contributed by atoms with van der Waals surface area (Å²) in [6.45, 7) is 4.21. The molecule has 1 aromatic carbocycles. The monoisotopic (exact) mass is 317 g/mol. The van der Waals surface area contributed by atoms with Crippen LogP contribution in [0, 0.1) is 11.6 Å². The summed E-state index contributed by atoms with van der Waals surface area (Å²) in [6.07, 6.45) is 0. The highest BCUT2D eigenvalue weighted by atomic mass is 19.1. The minimum atomic E-state index is -0.956. The largest absolute Gasteiger partial charge is 0.456 e. The zero-order valence-corrected chi connectivity index (χ0v) is 12.9. The summed E-state index contributed by atoms with van der Waals surface area (Å²) < 4.78 is 33.4. The Kier molecular flexibility index (Phi) is 6.25. The number of benzene rings is 1. The van der Waals surface area contributed by atoms with Gasteiger partial charge in [-0.3, -0.25) is 0 Å². The summed E-state index contributed by atoms with van der Waals surface area (Å²) in [5, 5.41) is 17.9. The second kappa shape index (κ2) is 7.51. The number of aliphatic hydroxyl groups is 2. The van der Waals surface area contributed by atoms with Gasteiger partial charge in [-0.15, -0.1) is 0 Å². The molecule has 1 rings (SSSR count). The lowest BCUT2D eigenvalue weighted by atomic mass is 10.1. The average molecular weight is 317 g/mol. The maximum atomic E-state index is 14.1. The second-order valence-electron chi connectivity index (χ2n) is 5.72. The summed E-state index contributed by atoms with van der Waals surface area (Å²) in [4.78, 5) is 13.0. The topological polar surface area (TPSA) is 70.0 Å². The molecule has 0 saturated heterocycles. The van der Waals surface area contributed by atoms with Gasteiger partial charge in [-0.1, -0.05) is 0 Å². The molecular formula is C15H21F2NO4. The molecule has 1 aromatic rings. The Hall–Kier alpha value is -1.73. The first kappa shape index (κ1) is 18.3. The number of carbonyl (C=O) groups excluding carboxylic acids is 1. The number of esters is 1. The zero-order chi connectivity index (χ0) is 16.9. The van der Waals surface area contributed by atoms with Gasteiger partial charge >= 0.3 is 5.97 Å². The average Bonchev–Trinajstić information content (AvgIpc) is 2.36. The van der Waals surface area contributed by atoms with Crippen LogP contribution < -0.4 is 4.90 Å². The molecule has 0 fully saturated rings. The summed E-state index contributed by atoms with van der Waals surface area (Å²) in [6, 6.07) is 1.77. The fraction of sp³-hybridized carbons (Fsp3) is 0.533. The van der Waals surface area contributed by atoms with Crippen LogP contribution in [0.15, 0.2) is 12.1 Å². The maximum absolute atomic E-state index is 14.1. The van der Waals surface area contributed by atoms with Gasteiger partial charge in [-0.25, -0.2) is 13.6 Å². The normalized spacial score (nSPS) is 11.4. The standard InChI is InChI=1S/C15H21F2NO4/c1-15(2,3)22-14(21)10-8-11(16)13(12(17)9-10)18(4-6-19)5-7-20/h8-9,19-20H,4-7H2,1-3H3. The highest BCUT2D eigenvalue weighted by molar-refractivity contribution is 5.90. The van der Waals surface area contributed by atoms with E-state index in [0.717, 1.165) is 12.1 Å². The van der Waals surface area contributed by atoms with E-state index in [1.54, 1.807) is 20.8 Å². The van der Waals surface area contributed by atoms with Gasteiger partial charge in [0, 0.05) is 13.1 Å². The molecule has 22 heavy (non-hydrogen) atoms. The second-order valence-corrected chi connectivity index (χ2v) is 5.72. The number of halogens is 2. The number of aliphatic hydroxyl groups excluding tert-OH is 2. The first-order chi connectivity index (χ1) is 10.2. The lowest BCUT2D eigenvalue weighted by molar-refractivity contribution is 0.00684. The quantitative estimate of drug-likeness (QED) is 0.782. The van der Waals surface area contributed by atoms with Gasteiger partial charge in [0.1, 0.15) is 22.9 Å². The first-order valence-electron chi connectivity index (χ1n) is 6.88. The predicted octanol–water partition coefficient (Wildman–Crippen LogP) is 1.71. The predicted molar refractivity (Wildman–Crippen MR) is 77.9 cm³/mol. The van der Waals surface area contributed by atoms with Crippen LogP contribution in [0.4, 0.5) is 14.5 Å². The van der Waals surface area contributed by atoms with E-state index >= 15 is 0 Å². The molecule has 0 unspecified atom stereocenters. The van der Waals surface area contributed by atoms with Crippen LogP contribution >= 0.6 is 0 Å². The third-order valence-electron chi connectivity index (χ3n) is 2.71. The molecule has 0 aliphatic heterocycles. The summed E-state index contributed by atoms with van der Waals surface area (Å²) >= 11 is 0. The summed E-state index contributed by atoms with van der Waals surface area (Å²) in [5.41, 5.74) is -1.40. The van der Waals surface area contributed by atoms with E-state index in [-0.39, 0.29) is 31.9 Å².